The fraction of sp³-hybridized carbons (Fsp3) is 0.0714. The van der Waals surface area contributed by atoms with Gasteiger partial charge in [-0.25, -0.2) is 9.97 Å². The predicted octanol–water partition coefficient (Wildman–Crippen LogP) is 3.42. The van der Waals surface area contributed by atoms with Crippen LogP contribution in [0.25, 0.3) is 22.1 Å². The molecule has 0 unspecified atom stereocenters. The van der Waals surface area contributed by atoms with Crippen LogP contribution in [0.1, 0.15) is 6.92 Å². The van der Waals surface area contributed by atoms with Crippen LogP contribution in [0.3, 0.4) is 0 Å². The van der Waals surface area contributed by atoms with E-state index in [0.29, 0.717) is 0 Å². The van der Waals surface area contributed by atoms with Gasteiger partial charge < -0.3 is 0 Å². The van der Waals surface area contributed by atoms with Crippen molar-refractivity contribution in [3.05, 3.63) is 42.5 Å². The van der Waals surface area contributed by atoms with E-state index >= 15 is 0 Å². The first-order valence-corrected chi connectivity index (χ1v) is 6.39. The van der Waals surface area contributed by atoms with Gasteiger partial charge in [-0.15, -0.1) is 0 Å². The summed E-state index contributed by atoms with van der Waals surface area (Å²) in [7, 11) is 0. The van der Waals surface area contributed by atoms with E-state index in [1.165, 1.54) is 11.8 Å². The van der Waals surface area contributed by atoms with E-state index in [-0.39, 0.29) is 5.12 Å². The molecule has 0 aliphatic heterocycles. The molecule has 0 atom stereocenters. The highest BCUT2D eigenvalue weighted by Crippen LogP contribution is 2.27. The second-order valence-corrected chi connectivity index (χ2v) is 5.15. The van der Waals surface area contributed by atoms with Crippen LogP contribution in [-0.4, -0.2) is 15.1 Å². The maximum Gasteiger partial charge on any atom is 0.190 e. The lowest BCUT2D eigenvalue weighted by Crippen LogP contribution is -1.90. The van der Waals surface area contributed by atoms with E-state index in [1.54, 1.807) is 6.92 Å². The van der Waals surface area contributed by atoms with Crippen molar-refractivity contribution >= 4 is 38.9 Å². The van der Waals surface area contributed by atoms with Crippen molar-refractivity contribution in [3.8, 4) is 0 Å². The smallest absolute Gasteiger partial charge is 0.190 e. The van der Waals surface area contributed by atoms with Crippen LogP contribution >= 0.6 is 11.8 Å². The number of benzene rings is 2. The van der Waals surface area contributed by atoms with Gasteiger partial charge in [-0.05, 0) is 36.0 Å². The van der Waals surface area contributed by atoms with Gasteiger partial charge >= 0.3 is 0 Å². The van der Waals surface area contributed by atoms with Gasteiger partial charge in [0.15, 0.2) is 5.12 Å². The Morgan fingerprint density at radius 3 is 2.33 bits per heavy atom. The van der Waals surface area contributed by atoms with Crippen molar-refractivity contribution in [2.45, 2.75) is 11.8 Å². The summed E-state index contributed by atoms with van der Waals surface area (Å²) in [4.78, 5) is 21.2. The number of aromatic nitrogens is 2. The molecule has 0 fully saturated rings. The van der Waals surface area contributed by atoms with Gasteiger partial charge in [0, 0.05) is 11.8 Å². The second kappa shape index (κ2) is 4.38. The fourth-order valence-electron chi connectivity index (χ4n) is 1.85. The lowest BCUT2D eigenvalue weighted by Gasteiger charge is -2.04. The average Bonchev–Trinajstić information content (AvgIpc) is 2.36. The van der Waals surface area contributed by atoms with Crippen LogP contribution in [0.4, 0.5) is 0 Å². The Hall–Kier alpha value is -1.94. The minimum atomic E-state index is 0.0532. The quantitative estimate of drug-likeness (QED) is 0.493. The fourth-order valence-corrected chi connectivity index (χ4v) is 2.56. The van der Waals surface area contributed by atoms with E-state index in [4.69, 9.17) is 0 Å². The maximum absolute atomic E-state index is 11.2. The van der Waals surface area contributed by atoms with Crippen molar-refractivity contribution in [2.75, 3.05) is 0 Å². The topological polar surface area (TPSA) is 42.9 Å². The van der Waals surface area contributed by atoms with Crippen molar-refractivity contribution in [3.63, 3.8) is 0 Å². The SMILES string of the molecule is CC(=O)Sc1cccc2nc3ccccc3nc12. The van der Waals surface area contributed by atoms with Crippen LogP contribution in [0.2, 0.25) is 0 Å². The molecule has 2 aromatic carbocycles. The number of carbonyl (C=O) groups excluding carboxylic acids is 1. The molecule has 4 heteroatoms. The van der Waals surface area contributed by atoms with E-state index in [1.807, 2.05) is 42.5 Å². The number of thioether (sulfide) groups is 1. The largest absolute Gasteiger partial charge is 0.287 e. The Balaban J connectivity index is 2.32. The first-order chi connectivity index (χ1) is 8.74. The highest BCUT2D eigenvalue weighted by molar-refractivity contribution is 8.13. The van der Waals surface area contributed by atoms with Crippen molar-refractivity contribution in [1.29, 1.82) is 0 Å². The van der Waals surface area contributed by atoms with Gasteiger partial charge in [-0.2, -0.15) is 0 Å². The summed E-state index contributed by atoms with van der Waals surface area (Å²) in [5.74, 6) is 0. The Morgan fingerprint density at radius 1 is 0.944 bits per heavy atom. The van der Waals surface area contributed by atoms with Gasteiger partial charge in [0.2, 0.25) is 0 Å². The zero-order valence-corrected chi connectivity index (χ0v) is 10.6. The molecule has 18 heavy (non-hydrogen) atoms. The molecule has 0 aliphatic rings. The van der Waals surface area contributed by atoms with E-state index in [9.17, 15) is 4.79 Å². The van der Waals surface area contributed by atoms with Crippen LogP contribution in [0.15, 0.2) is 47.4 Å². The molecule has 3 rings (SSSR count). The Morgan fingerprint density at radius 2 is 1.61 bits per heavy atom. The van der Waals surface area contributed by atoms with Crippen molar-refractivity contribution in [2.24, 2.45) is 0 Å². The number of rotatable bonds is 1. The van der Waals surface area contributed by atoms with Gasteiger partial charge in [0.25, 0.3) is 0 Å². The average molecular weight is 254 g/mol. The molecule has 0 bridgehead atoms. The van der Waals surface area contributed by atoms with Gasteiger partial charge in [-0.1, -0.05) is 18.2 Å². The third-order valence-electron chi connectivity index (χ3n) is 2.59. The second-order valence-electron chi connectivity index (χ2n) is 3.93. The molecule has 0 radical (unpaired) electrons. The third-order valence-corrected chi connectivity index (χ3v) is 3.42. The molecular weight excluding hydrogens is 244 g/mol. The van der Waals surface area contributed by atoms with E-state index < -0.39 is 0 Å². The molecule has 0 saturated carbocycles. The molecule has 3 aromatic rings. The van der Waals surface area contributed by atoms with Crippen molar-refractivity contribution < 1.29 is 4.79 Å². The highest BCUT2D eigenvalue weighted by atomic mass is 32.2. The van der Waals surface area contributed by atoms with Gasteiger partial charge in [0.05, 0.1) is 16.6 Å². The molecule has 1 aromatic heterocycles. The number of hydrogen-bond donors (Lipinski definition) is 0. The minimum absolute atomic E-state index is 0.0532. The Kier molecular flexibility index (Phi) is 2.72. The number of carbonyl (C=O) groups is 1. The standard InChI is InChI=1S/C14H10N2OS/c1-9(17)18-13-8-4-7-12-14(13)16-11-6-3-2-5-10(11)15-12/h2-8H,1H3. The van der Waals surface area contributed by atoms with Crippen LogP contribution in [-0.2, 0) is 4.79 Å². The molecule has 0 spiro atoms. The molecule has 0 aliphatic carbocycles. The van der Waals surface area contributed by atoms with E-state index in [2.05, 4.69) is 9.97 Å². The Bertz CT molecular complexity index is 755. The molecule has 0 amide bonds. The summed E-state index contributed by atoms with van der Waals surface area (Å²) in [5, 5.41) is 0.0532. The molecule has 1 heterocycles. The maximum atomic E-state index is 11.2. The summed E-state index contributed by atoms with van der Waals surface area (Å²) in [6.07, 6.45) is 0. The zero-order valence-electron chi connectivity index (χ0n) is 9.75. The molecular formula is C14H10N2OS. The molecule has 88 valence electrons. The summed E-state index contributed by atoms with van der Waals surface area (Å²) in [5.41, 5.74) is 3.33. The monoisotopic (exact) mass is 254 g/mol. The highest BCUT2D eigenvalue weighted by Gasteiger charge is 2.08. The van der Waals surface area contributed by atoms with Gasteiger partial charge in [-0.3, -0.25) is 4.79 Å². The molecule has 3 nitrogen and oxygen atoms in total. The van der Waals surface area contributed by atoms with Gasteiger partial charge in [0.1, 0.15) is 5.52 Å². The summed E-state index contributed by atoms with van der Waals surface area (Å²) in [6, 6.07) is 13.5. The number of para-hydroxylation sites is 3. The first-order valence-electron chi connectivity index (χ1n) is 5.58. The lowest BCUT2D eigenvalue weighted by atomic mass is 10.2. The lowest BCUT2D eigenvalue weighted by molar-refractivity contribution is -0.109. The number of hydrogen-bond acceptors (Lipinski definition) is 4. The number of fused-ring (bicyclic) bond motifs is 2. The molecule has 0 N–H and O–H groups in total. The Labute approximate surface area is 108 Å². The normalized spacial score (nSPS) is 10.9. The predicted molar refractivity (Wildman–Crippen MR) is 73.6 cm³/mol. The third kappa shape index (κ3) is 1.95. The summed E-state index contributed by atoms with van der Waals surface area (Å²) < 4.78 is 0. The van der Waals surface area contributed by atoms with Crippen LogP contribution in [0.5, 0.6) is 0 Å². The van der Waals surface area contributed by atoms with E-state index in [0.717, 1.165) is 27.0 Å². The summed E-state index contributed by atoms with van der Waals surface area (Å²) >= 11 is 1.20. The zero-order chi connectivity index (χ0) is 12.5. The van der Waals surface area contributed by atoms with Crippen LogP contribution < -0.4 is 0 Å². The molecule has 0 saturated heterocycles. The van der Waals surface area contributed by atoms with Crippen LogP contribution in [0, 0.1) is 0 Å². The number of nitrogens with zero attached hydrogens (tertiary/aromatic N) is 2. The minimum Gasteiger partial charge on any atom is -0.287 e. The summed E-state index contributed by atoms with van der Waals surface area (Å²) in [6.45, 7) is 1.55. The first kappa shape index (κ1) is 11.2. The van der Waals surface area contributed by atoms with Crippen molar-refractivity contribution in [1.82, 2.24) is 9.97 Å².